The smallest absolute Gasteiger partial charge is 0.251 e. The van der Waals surface area contributed by atoms with Gasteiger partial charge in [-0.1, -0.05) is 25.1 Å². The van der Waals surface area contributed by atoms with E-state index in [2.05, 4.69) is 12.2 Å². The molecule has 1 radical (unpaired) electrons. The van der Waals surface area contributed by atoms with Crippen molar-refractivity contribution < 1.29 is 4.79 Å². The van der Waals surface area contributed by atoms with Crippen LogP contribution in [0.2, 0.25) is 0 Å². The third-order valence-electron chi connectivity index (χ3n) is 1.80. The quantitative estimate of drug-likeness (QED) is 0.750. The van der Waals surface area contributed by atoms with Gasteiger partial charge in [-0.3, -0.25) is 4.79 Å². The van der Waals surface area contributed by atoms with Crippen LogP contribution in [0.4, 0.5) is 0 Å². The van der Waals surface area contributed by atoms with Crippen molar-refractivity contribution in [1.29, 1.82) is 0 Å². The third-order valence-corrected chi connectivity index (χ3v) is 1.80. The second-order valence-electron chi connectivity index (χ2n) is 2.91. The lowest BCUT2D eigenvalue weighted by atomic mass is 10.1. The monoisotopic (exact) mass is 176 g/mol. The molecule has 0 aromatic heterocycles. The summed E-state index contributed by atoms with van der Waals surface area (Å²) in [6.07, 6.45) is 0.949. The van der Waals surface area contributed by atoms with E-state index in [1.54, 1.807) is 6.07 Å². The van der Waals surface area contributed by atoms with Gasteiger partial charge in [-0.25, -0.2) is 0 Å². The van der Waals surface area contributed by atoms with Gasteiger partial charge in [-0.2, -0.15) is 0 Å². The largest absolute Gasteiger partial charge is 0.352 e. The Balaban J connectivity index is 2.71. The van der Waals surface area contributed by atoms with Crippen molar-refractivity contribution in [3.05, 3.63) is 42.3 Å². The molecule has 1 aromatic rings. The molecule has 1 aromatic carbocycles. The van der Waals surface area contributed by atoms with Crippen molar-refractivity contribution >= 4 is 5.91 Å². The van der Waals surface area contributed by atoms with E-state index in [4.69, 9.17) is 0 Å². The summed E-state index contributed by atoms with van der Waals surface area (Å²) in [6, 6.07) is 7.34. The number of hydrogen-bond acceptors (Lipinski definition) is 1. The van der Waals surface area contributed by atoms with E-state index in [0.717, 1.165) is 12.0 Å². The van der Waals surface area contributed by atoms with Crippen LogP contribution in [0, 0.1) is 6.92 Å². The molecule has 0 aliphatic carbocycles. The lowest BCUT2D eigenvalue weighted by molar-refractivity contribution is 0.0953. The van der Waals surface area contributed by atoms with Crippen LogP contribution in [-0.2, 0) is 0 Å². The Hall–Kier alpha value is -1.31. The summed E-state index contributed by atoms with van der Waals surface area (Å²) in [5, 5.41) is 2.81. The van der Waals surface area contributed by atoms with Gasteiger partial charge in [0.25, 0.3) is 5.91 Å². The molecular formula is C11H14NO. The topological polar surface area (TPSA) is 29.1 Å². The van der Waals surface area contributed by atoms with Gasteiger partial charge in [0.1, 0.15) is 0 Å². The van der Waals surface area contributed by atoms with Crippen molar-refractivity contribution in [2.45, 2.75) is 13.3 Å². The summed E-state index contributed by atoms with van der Waals surface area (Å²) in [5.41, 5.74) is 1.44. The zero-order valence-electron chi connectivity index (χ0n) is 7.84. The standard InChI is InChI=1S/C11H14NO/c1-3-8-12-11(13)10-7-5-4-6-9(10)2/h4-7H,2-3,8H2,1H3,(H,12,13). The Morgan fingerprint density at radius 3 is 2.77 bits per heavy atom. The van der Waals surface area contributed by atoms with Crippen LogP contribution < -0.4 is 5.32 Å². The maximum Gasteiger partial charge on any atom is 0.251 e. The molecule has 2 heteroatoms. The lowest BCUT2D eigenvalue weighted by Crippen LogP contribution is -2.24. The van der Waals surface area contributed by atoms with Crippen molar-refractivity contribution in [3.63, 3.8) is 0 Å². The highest BCUT2D eigenvalue weighted by atomic mass is 16.1. The first-order valence-electron chi connectivity index (χ1n) is 4.45. The molecule has 0 atom stereocenters. The fourth-order valence-corrected chi connectivity index (χ4v) is 1.08. The van der Waals surface area contributed by atoms with Gasteiger partial charge in [0.05, 0.1) is 0 Å². The highest BCUT2D eigenvalue weighted by Crippen LogP contribution is 2.05. The molecule has 1 amide bonds. The number of carbonyl (C=O) groups excluding carboxylic acids is 1. The minimum atomic E-state index is -0.0348. The first kappa shape index (κ1) is 9.78. The summed E-state index contributed by atoms with van der Waals surface area (Å²) in [5.74, 6) is -0.0348. The Bertz CT molecular complexity index is 294. The van der Waals surface area contributed by atoms with E-state index < -0.39 is 0 Å². The van der Waals surface area contributed by atoms with Gasteiger partial charge in [0.15, 0.2) is 0 Å². The molecule has 0 saturated heterocycles. The van der Waals surface area contributed by atoms with Crippen molar-refractivity contribution in [1.82, 2.24) is 5.32 Å². The molecule has 0 aliphatic heterocycles. The van der Waals surface area contributed by atoms with E-state index in [1.807, 2.05) is 25.1 Å². The van der Waals surface area contributed by atoms with Gasteiger partial charge >= 0.3 is 0 Å². The second-order valence-corrected chi connectivity index (χ2v) is 2.91. The minimum Gasteiger partial charge on any atom is -0.352 e. The molecule has 13 heavy (non-hydrogen) atoms. The highest BCUT2D eigenvalue weighted by molar-refractivity contribution is 5.95. The SMILES string of the molecule is [CH2]c1ccccc1C(=O)NCCC. The zero-order valence-corrected chi connectivity index (χ0v) is 7.84. The van der Waals surface area contributed by atoms with Crippen LogP contribution in [0.5, 0.6) is 0 Å². The molecule has 0 bridgehead atoms. The van der Waals surface area contributed by atoms with E-state index in [0.29, 0.717) is 12.1 Å². The molecule has 0 saturated carbocycles. The van der Waals surface area contributed by atoms with Crippen LogP contribution in [-0.4, -0.2) is 12.5 Å². The summed E-state index contributed by atoms with van der Waals surface area (Å²) in [7, 11) is 0. The van der Waals surface area contributed by atoms with E-state index in [-0.39, 0.29) is 5.91 Å². The Morgan fingerprint density at radius 1 is 1.46 bits per heavy atom. The van der Waals surface area contributed by atoms with Gasteiger partial charge < -0.3 is 5.32 Å². The van der Waals surface area contributed by atoms with Crippen molar-refractivity contribution in [2.75, 3.05) is 6.54 Å². The van der Waals surface area contributed by atoms with E-state index >= 15 is 0 Å². The first-order chi connectivity index (χ1) is 6.25. The molecule has 0 unspecified atom stereocenters. The average molecular weight is 176 g/mol. The van der Waals surface area contributed by atoms with Crippen LogP contribution in [0.15, 0.2) is 24.3 Å². The first-order valence-corrected chi connectivity index (χ1v) is 4.45. The van der Waals surface area contributed by atoms with Crippen LogP contribution >= 0.6 is 0 Å². The van der Waals surface area contributed by atoms with Crippen LogP contribution in [0.1, 0.15) is 29.3 Å². The molecule has 1 rings (SSSR count). The summed E-state index contributed by atoms with van der Waals surface area (Å²) in [4.78, 5) is 11.5. The predicted molar refractivity (Wildman–Crippen MR) is 53.5 cm³/mol. The van der Waals surface area contributed by atoms with Crippen LogP contribution in [0.3, 0.4) is 0 Å². The molecule has 1 N–H and O–H groups in total. The van der Waals surface area contributed by atoms with E-state index in [9.17, 15) is 4.79 Å². The summed E-state index contributed by atoms with van der Waals surface area (Å²) in [6.45, 7) is 6.53. The maximum absolute atomic E-state index is 11.5. The number of carbonyl (C=O) groups is 1. The maximum atomic E-state index is 11.5. The van der Waals surface area contributed by atoms with Gasteiger partial charge in [-0.05, 0) is 25.0 Å². The van der Waals surface area contributed by atoms with Crippen LogP contribution in [0.25, 0.3) is 0 Å². The highest BCUT2D eigenvalue weighted by Gasteiger charge is 2.05. The lowest BCUT2D eigenvalue weighted by Gasteiger charge is -2.05. The fraction of sp³-hybridized carbons (Fsp3) is 0.273. The number of benzene rings is 1. The Kier molecular flexibility index (Phi) is 3.50. The summed E-state index contributed by atoms with van der Waals surface area (Å²) >= 11 is 0. The number of hydrogen-bond donors (Lipinski definition) is 1. The van der Waals surface area contributed by atoms with E-state index in [1.165, 1.54) is 0 Å². The average Bonchev–Trinajstić information content (AvgIpc) is 2.15. The molecule has 0 fully saturated rings. The molecule has 2 nitrogen and oxygen atoms in total. The molecular weight excluding hydrogens is 162 g/mol. The fourth-order valence-electron chi connectivity index (χ4n) is 1.08. The summed E-state index contributed by atoms with van der Waals surface area (Å²) < 4.78 is 0. The zero-order chi connectivity index (χ0) is 9.68. The number of nitrogens with one attached hydrogen (secondary N) is 1. The van der Waals surface area contributed by atoms with Crippen molar-refractivity contribution in [2.24, 2.45) is 0 Å². The minimum absolute atomic E-state index is 0.0348. The molecule has 0 spiro atoms. The molecule has 69 valence electrons. The predicted octanol–water partition coefficient (Wildman–Crippen LogP) is 2.01. The number of rotatable bonds is 3. The second kappa shape index (κ2) is 4.65. The number of amides is 1. The van der Waals surface area contributed by atoms with Gasteiger partial charge in [-0.15, -0.1) is 0 Å². The Labute approximate surface area is 79.0 Å². The third kappa shape index (κ3) is 2.58. The normalized spacial score (nSPS) is 9.69. The molecule has 0 aliphatic rings. The van der Waals surface area contributed by atoms with Crippen molar-refractivity contribution in [3.8, 4) is 0 Å². The Morgan fingerprint density at radius 2 is 2.15 bits per heavy atom. The molecule has 0 heterocycles. The van der Waals surface area contributed by atoms with Gasteiger partial charge in [0, 0.05) is 12.1 Å². The van der Waals surface area contributed by atoms with Gasteiger partial charge in [0.2, 0.25) is 0 Å².